The Kier molecular flexibility index (Phi) is 3.40. The summed E-state index contributed by atoms with van der Waals surface area (Å²) in [7, 11) is 0. The third-order valence-electron chi connectivity index (χ3n) is 1.59. The van der Waals surface area contributed by atoms with E-state index >= 15 is 0 Å². The number of hydrogen-bond donors (Lipinski definition) is 2. The summed E-state index contributed by atoms with van der Waals surface area (Å²) >= 11 is 3.06. The van der Waals surface area contributed by atoms with Crippen LogP contribution in [0.2, 0.25) is 0 Å². The molecule has 0 aliphatic rings. The SMILES string of the molecule is C[C@@H](NC(=O)O)c1ncc(Br)cc1F. The molecular formula is C8H8BrFN2O2. The molecule has 2 N–H and O–H groups in total. The molecule has 0 unspecified atom stereocenters. The quantitative estimate of drug-likeness (QED) is 0.860. The third kappa shape index (κ3) is 2.66. The number of amides is 1. The number of carbonyl (C=O) groups is 1. The molecule has 0 saturated heterocycles. The van der Waals surface area contributed by atoms with Crippen LogP contribution in [-0.2, 0) is 0 Å². The van der Waals surface area contributed by atoms with Crippen molar-refractivity contribution in [3.8, 4) is 0 Å². The molecule has 1 aromatic rings. The maximum atomic E-state index is 13.2. The van der Waals surface area contributed by atoms with Crippen LogP contribution in [0.3, 0.4) is 0 Å². The first-order chi connectivity index (χ1) is 6.50. The van der Waals surface area contributed by atoms with Gasteiger partial charge in [-0.1, -0.05) is 0 Å². The number of nitrogens with one attached hydrogen (secondary N) is 1. The van der Waals surface area contributed by atoms with Crippen LogP contribution in [0.25, 0.3) is 0 Å². The molecule has 1 aromatic heterocycles. The molecule has 6 heteroatoms. The lowest BCUT2D eigenvalue weighted by molar-refractivity contribution is 0.190. The monoisotopic (exact) mass is 262 g/mol. The summed E-state index contributed by atoms with van der Waals surface area (Å²) in [5.41, 5.74) is 0.0793. The van der Waals surface area contributed by atoms with Crippen molar-refractivity contribution in [2.45, 2.75) is 13.0 Å². The Morgan fingerprint density at radius 2 is 2.43 bits per heavy atom. The van der Waals surface area contributed by atoms with Gasteiger partial charge in [-0.2, -0.15) is 0 Å². The average Bonchev–Trinajstić information content (AvgIpc) is 2.01. The summed E-state index contributed by atoms with van der Waals surface area (Å²) in [6, 6.07) is 0.572. The average molecular weight is 263 g/mol. The van der Waals surface area contributed by atoms with E-state index in [2.05, 4.69) is 26.2 Å². The second kappa shape index (κ2) is 4.36. The number of aromatic nitrogens is 1. The van der Waals surface area contributed by atoms with E-state index in [1.165, 1.54) is 19.2 Å². The molecule has 0 saturated carbocycles. The largest absolute Gasteiger partial charge is 0.465 e. The van der Waals surface area contributed by atoms with Crippen LogP contribution in [0.4, 0.5) is 9.18 Å². The summed E-state index contributed by atoms with van der Waals surface area (Å²) in [5, 5.41) is 10.5. The zero-order chi connectivity index (χ0) is 10.7. The topological polar surface area (TPSA) is 62.2 Å². The molecule has 0 aliphatic carbocycles. The summed E-state index contributed by atoms with van der Waals surface area (Å²) in [4.78, 5) is 14.1. The van der Waals surface area contributed by atoms with Crippen LogP contribution in [0.1, 0.15) is 18.7 Å². The Balaban J connectivity index is 2.90. The van der Waals surface area contributed by atoms with Crippen LogP contribution in [-0.4, -0.2) is 16.2 Å². The van der Waals surface area contributed by atoms with Gasteiger partial charge in [0.25, 0.3) is 0 Å². The first kappa shape index (κ1) is 10.9. The van der Waals surface area contributed by atoms with E-state index < -0.39 is 18.0 Å². The molecule has 1 heterocycles. The van der Waals surface area contributed by atoms with E-state index in [4.69, 9.17) is 5.11 Å². The second-order valence-electron chi connectivity index (χ2n) is 2.69. The van der Waals surface area contributed by atoms with Gasteiger partial charge in [0, 0.05) is 10.7 Å². The first-order valence-corrected chi connectivity index (χ1v) is 4.60. The lowest BCUT2D eigenvalue weighted by atomic mass is 10.2. The molecule has 1 atom stereocenters. The van der Waals surface area contributed by atoms with Gasteiger partial charge < -0.3 is 10.4 Å². The van der Waals surface area contributed by atoms with Gasteiger partial charge in [0.05, 0.1) is 11.7 Å². The summed E-state index contributed by atoms with van der Waals surface area (Å²) in [6.07, 6.45) is 0.208. The number of pyridine rings is 1. The third-order valence-corrected chi connectivity index (χ3v) is 2.02. The van der Waals surface area contributed by atoms with Crippen molar-refractivity contribution in [1.82, 2.24) is 10.3 Å². The van der Waals surface area contributed by atoms with Gasteiger partial charge in [0.2, 0.25) is 0 Å². The van der Waals surface area contributed by atoms with Crippen molar-refractivity contribution in [1.29, 1.82) is 0 Å². The Morgan fingerprint density at radius 3 is 2.93 bits per heavy atom. The van der Waals surface area contributed by atoms with Gasteiger partial charge in [-0.25, -0.2) is 9.18 Å². The molecule has 1 rings (SSSR count). The lowest BCUT2D eigenvalue weighted by Gasteiger charge is -2.11. The minimum Gasteiger partial charge on any atom is -0.465 e. The molecule has 1 amide bonds. The fourth-order valence-corrected chi connectivity index (χ4v) is 1.30. The van der Waals surface area contributed by atoms with Gasteiger partial charge in [-0.15, -0.1) is 0 Å². The number of halogens is 2. The van der Waals surface area contributed by atoms with E-state index in [9.17, 15) is 9.18 Å². The van der Waals surface area contributed by atoms with Crippen LogP contribution in [0.15, 0.2) is 16.7 Å². The molecule has 76 valence electrons. The predicted octanol–water partition coefficient (Wildman–Crippen LogP) is 2.31. The highest BCUT2D eigenvalue weighted by Crippen LogP contribution is 2.17. The summed E-state index contributed by atoms with van der Waals surface area (Å²) < 4.78 is 13.7. The molecule has 0 aromatic carbocycles. The van der Waals surface area contributed by atoms with Crippen LogP contribution < -0.4 is 5.32 Å². The highest BCUT2D eigenvalue weighted by Gasteiger charge is 2.14. The predicted molar refractivity (Wildman–Crippen MR) is 51.5 cm³/mol. The van der Waals surface area contributed by atoms with Gasteiger partial charge in [0.1, 0.15) is 5.82 Å². The van der Waals surface area contributed by atoms with Crippen LogP contribution in [0, 0.1) is 5.82 Å². The standard InChI is InChI=1S/C8H8BrFN2O2/c1-4(12-8(13)14)7-6(10)2-5(9)3-11-7/h2-4,12H,1H3,(H,13,14)/t4-/m1/s1. The highest BCUT2D eigenvalue weighted by molar-refractivity contribution is 9.10. The molecule has 4 nitrogen and oxygen atoms in total. The van der Waals surface area contributed by atoms with Crippen molar-refractivity contribution in [3.63, 3.8) is 0 Å². The fraction of sp³-hybridized carbons (Fsp3) is 0.250. The van der Waals surface area contributed by atoms with E-state index in [0.717, 1.165) is 0 Å². The minimum absolute atomic E-state index is 0.0793. The molecular weight excluding hydrogens is 255 g/mol. The maximum absolute atomic E-state index is 13.2. The zero-order valence-electron chi connectivity index (χ0n) is 7.29. The zero-order valence-corrected chi connectivity index (χ0v) is 8.88. The van der Waals surface area contributed by atoms with Crippen molar-refractivity contribution >= 4 is 22.0 Å². The van der Waals surface area contributed by atoms with Crippen molar-refractivity contribution in [2.75, 3.05) is 0 Å². The summed E-state index contributed by atoms with van der Waals surface area (Å²) in [6.45, 7) is 1.52. The maximum Gasteiger partial charge on any atom is 0.405 e. The van der Waals surface area contributed by atoms with Crippen molar-refractivity contribution in [2.24, 2.45) is 0 Å². The number of nitrogens with zero attached hydrogens (tertiary/aromatic N) is 1. The minimum atomic E-state index is -1.21. The number of rotatable bonds is 2. The van der Waals surface area contributed by atoms with Crippen LogP contribution >= 0.6 is 15.9 Å². The van der Waals surface area contributed by atoms with Crippen molar-refractivity contribution < 1.29 is 14.3 Å². The summed E-state index contributed by atoms with van der Waals surface area (Å²) in [5.74, 6) is -0.541. The molecule has 0 spiro atoms. The smallest absolute Gasteiger partial charge is 0.405 e. The fourth-order valence-electron chi connectivity index (χ4n) is 0.997. The molecule has 0 aliphatic heterocycles. The number of hydrogen-bond acceptors (Lipinski definition) is 2. The Hall–Kier alpha value is -1.17. The van der Waals surface area contributed by atoms with Gasteiger partial charge in [-0.05, 0) is 28.9 Å². The second-order valence-corrected chi connectivity index (χ2v) is 3.61. The van der Waals surface area contributed by atoms with Gasteiger partial charge in [-0.3, -0.25) is 4.98 Å². The van der Waals surface area contributed by atoms with Gasteiger partial charge in [0.15, 0.2) is 0 Å². The first-order valence-electron chi connectivity index (χ1n) is 3.81. The lowest BCUT2D eigenvalue weighted by Crippen LogP contribution is -2.25. The van der Waals surface area contributed by atoms with Crippen LogP contribution in [0.5, 0.6) is 0 Å². The van der Waals surface area contributed by atoms with E-state index in [1.807, 2.05) is 0 Å². The Bertz CT molecular complexity index is 359. The normalized spacial score (nSPS) is 12.2. The molecule has 0 bridgehead atoms. The van der Waals surface area contributed by atoms with E-state index in [-0.39, 0.29) is 5.69 Å². The Labute approximate surface area is 88.3 Å². The van der Waals surface area contributed by atoms with E-state index in [0.29, 0.717) is 4.47 Å². The molecule has 0 radical (unpaired) electrons. The van der Waals surface area contributed by atoms with Crippen molar-refractivity contribution in [3.05, 3.63) is 28.2 Å². The number of carboxylic acid groups (broad SMARTS) is 1. The van der Waals surface area contributed by atoms with E-state index in [1.54, 1.807) is 0 Å². The highest BCUT2D eigenvalue weighted by atomic mass is 79.9. The molecule has 14 heavy (non-hydrogen) atoms. The Morgan fingerprint density at radius 1 is 1.79 bits per heavy atom. The van der Waals surface area contributed by atoms with Gasteiger partial charge >= 0.3 is 6.09 Å². The molecule has 0 fully saturated rings.